The summed E-state index contributed by atoms with van der Waals surface area (Å²) in [5, 5.41) is 20.8. The maximum absolute atomic E-state index is 13.8. The number of halogens is 1. The van der Waals surface area contributed by atoms with Crippen LogP contribution in [0.3, 0.4) is 0 Å². The van der Waals surface area contributed by atoms with Crippen molar-refractivity contribution in [1.82, 2.24) is 14.5 Å². The molecule has 0 aliphatic rings. The highest BCUT2D eigenvalue weighted by Gasteiger charge is 2.27. The second kappa shape index (κ2) is 8.50. The number of aromatic nitrogens is 3. The summed E-state index contributed by atoms with van der Waals surface area (Å²) >= 11 is 6.39. The third-order valence-corrected chi connectivity index (χ3v) is 5.45. The Hall–Kier alpha value is -4.60. The summed E-state index contributed by atoms with van der Waals surface area (Å²) in [5.74, 6) is 0.0530. The Morgan fingerprint density at radius 3 is 2.36 bits per heavy atom. The van der Waals surface area contributed by atoms with E-state index < -0.39 is 5.56 Å². The molecule has 162 valence electrons. The molecule has 10 heteroatoms. The molecule has 4 aromatic rings. The topological polar surface area (TPSA) is 151 Å². The van der Waals surface area contributed by atoms with Gasteiger partial charge in [0.1, 0.15) is 34.9 Å². The highest BCUT2D eigenvalue weighted by Crippen LogP contribution is 2.36. The largest absolute Gasteiger partial charge is 0.382 e. The number of nitrogens with zero attached hydrogens (tertiary/aromatic N) is 6. The quantitative estimate of drug-likeness (QED) is 0.473. The van der Waals surface area contributed by atoms with Gasteiger partial charge in [0.05, 0.1) is 16.1 Å². The number of anilines is 4. The average molecular weight is 457 g/mol. The fraction of sp³-hybridized carbons (Fsp3) is 0.0870. The number of nitrogens with two attached hydrogens (primary N) is 2. The summed E-state index contributed by atoms with van der Waals surface area (Å²) < 4.78 is 1.38. The number of hydrogen-bond donors (Lipinski definition) is 2. The van der Waals surface area contributed by atoms with Crippen molar-refractivity contribution in [2.45, 2.75) is 6.92 Å². The van der Waals surface area contributed by atoms with Crippen LogP contribution in [-0.2, 0) is 0 Å². The lowest BCUT2D eigenvalue weighted by atomic mass is 10.1. The highest BCUT2D eigenvalue weighted by atomic mass is 35.5. The molecule has 0 unspecified atom stereocenters. The predicted molar refractivity (Wildman–Crippen MR) is 128 cm³/mol. The van der Waals surface area contributed by atoms with Crippen molar-refractivity contribution >= 4 is 45.8 Å². The van der Waals surface area contributed by atoms with E-state index in [9.17, 15) is 15.3 Å². The minimum absolute atomic E-state index is 0.0202. The lowest BCUT2D eigenvalue weighted by Crippen LogP contribution is -2.31. The molecule has 0 aliphatic heterocycles. The molecule has 0 bridgehead atoms. The normalized spacial score (nSPS) is 10.5. The molecule has 2 heterocycles. The SMILES string of the molecule is CCN(c1nc(N)nc(N)c1C#N)c1c(C#N)c2cccc(Cl)c2c(=O)n1-c1ccccc1. The van der Waals surface area contributed by atoms with Gasteiger partial charge in [0.25, 0.3) is 5.56 Å². The fourth-order valence-corrected chi connectivity index (χ4v) is 4.01. The van der Waals surface area contributed by atoms with E-state index >= 15 is 0 Å². The van der Waals surface area contributed by atoms with Crippen molar-refractivity contribution in [3.05, 3.63) is 75.0 Å². The zero-order valence-electron chi connectivity index (χ0n) is 17.5. The fourth-order valence-electron chi connectivity index (χ4n) is 3.76. The molecule has 0 fully saturated rings. The number of nitriles is 2. The first-order valence-corrected chi connectivity index (χ1v) is 10.2. The van der Waals surface area contributed by atoms with Crippen LogP contribution >= 0.6 is 11.6 Å². The van der Waals surface area contributed by atoms with E-state index in [4.69, 9.17) is 23.1 Å². The number of nitrogen functional groups attached to an aromatic ring is 2. The van der Waals surface area contributed by atoms with Gasteiger partial charge in [-0.25, -0.2) is 0 Å². The Morgan fingerprint density at radius 2 is 1.73 bits per heavy atom. The van der Waals surface area contributed by atoms with Crippen molar-refractivity contribution in [1.29, 1.82) is 10.5 Å². The first-order valence-electron chi connectivity index (χ1n) is 9.86. The zero-order chi connectivity index (χ0) is 23.7. The number of pyridine rings is 1. The Kier molecular flexibility index (Phi) is 5.57. The molecule has 0 aliphatic carbocycles. The molecule has 0 saturated carbocycles. The predicted octanol–water partition coefficient (Wildman–Crippen LogP) is 3.50. The summed E-state index contributed by atoms with van der Waals surface area (Å²) in [4.78, 5) is 23.4. The Bertz CT molecular complexity index is 1530. The Balaban J connectivity index is 2.24. The van der Waals surface area contributed by atoms with E-state index in [0.717, 1.165) is 0 Å². The van der Waals surface area contributed by atoms with Crippen molar-refractivity contribution in [2.75, 3.05) is 22.9 Å². The second-order valence-electron chi connectivity index (χ2n) is 6.97. The summed E-state index contributed by atoms with van der Waals surface area (Å²) in [7, 11) is 0. The van der Waals surface area contributed by atoms with Crippen LogP contribution in [0.1, 0.15) is 18.1 Å². The molecule has 0 radical (unpaired) electrons. The van der Waals surface area contributed by atoms with Gasteiger partial charge < -0.3 is 16.4 Å². The number of benzene rings is 2. The van der Waals surface area contributed by atoms with Crippen LogP contribution in [0.15, 0.2) is 53.3 Å². The minimum Gasteiger partial charge on any atom is -0.382 e. The highest BCUT2D eigenvalue weighted by molar-refractivity contribution is 6.35. The molecule has 0 atom stereocenters. The van der Waals surface area contributed by atoms with Crippen molar-refractivity contribution in [3.8, 4) is 17.8 Å². The number of fused-ring (bicyclic) bond motifs is 1. The number of rotatable bonds is 4. The average Bonchev–Trinajstić information content (AvgIpc) is 2.80. The summed E-state index contributed by atoms with van der Waals surface area (Å²) in [6.07, 6.45) is 0. The van der Waals surface area contributed by atoms with Crippen LogP contribution in [0.5, 0.6) is 0 Å². The van der Waals surface area contributed by atoms with Gasteiger partial charge in [-0.05, 0) is 25.1 Å². The molecule has 0 saturated heterocycles. The Morgan fingerprint density at radius 1 is 1.03 bits per heavy atom. The van der Waals surface area contributed by atoms with Crippen molar-refractivity contribution in [2.24, 2.45) is 0 Å². The molecule has 2 aromatic carbocycles. The van der Waals surface area contributed by atoms with Gasteiger partial charge in [0, 0.05) is 11.9 Å². The van der Waals surface area contributed by atoms with Crippen LogP contribution in [0, 0.1) is 22.7 Å². The second-order valence-corrected chi connectivity index (χ2v) is 7.38. The standard InChI is InChI=1S/C23H17ClN8O/c1-2-31(20-16(12-26)19(27)29-23(28)30-20)21-15(11-25)14-9-6-10-17(24)18(14)22(33)32(21)13-7-4-3-5-8-13/h3-10H,2H2,1H3,(H4,27,28,29,30). The van der Waals surface area contributed by atoms with E-state index in [1.165, 1.54) is 4.57 Å². The molecular weight excluding hydrogens is 440 g/mol. The van der Waals surface area contributed by atoms with E-state index in [1.54, 1.807) is 54.3 Å². The van der Waals surface area contributed by atoms with Gasteiger partial charge in [0.2, 0.25) is 5.95 Å². The van der Waals surface area contributed by atoms with Gasteiger partial charge in [-0.2, -0.15) is 20.5 Å². The first-order chi connectivity index (χ1) is 15.9. The summed E-state index contributed by atoms with van der Waals surface area (Å²) in [6.45, 7) is 2.02. The molecular formula is C23H17ClN8O. The van der Waals surface area contributed by atoms with Gasteiger partial charge in [-0.1, -0.05) is 41.9 Å². The van der Waals surface area contributed by atoms with E-state index in [-0.39, 0.29) is 51.5 Å². The third-order valence-electron chi connectivity index (χ3n) is 5.14. The molecule has 4 N–H and O–H groups in total. The molecule has 9 nitrogen and oxygen atoms in total. The lowest BCUT2D eigenvalue weighted by Gasteiger charge is -2.28. The molecule has 2 aromatic heterocycles. The van der Waals surface area contributed by atoms with E-state index in [1.807, 2.05) is 12.1 Å². The van der Waals surface area contributed by atoms with Crippen LogP contribution in [0.25, 0.3) is 16.5 Å². The van der Waals surface area contributed by atoms with Crippen LogP contribution in [0.4, 0.5) is 23.4 Å². The van der Waals surface area contributed by atoms with Crippen LogP contribution in [-0.4, -0.2) is 21.1 Å². The maximum atomic E-state index is 13.8. The van der Waals surface area contributed by atoms with Crippen LogP contribution in [0.2, 0.25) is 5.02 Å². The first kappa shape index (κ1) is 21.6. The molecule has 0 spiro atoms. The number of para-hydroxylation sites is 1. The third kappa shape index (κ3) is 3.47. The van der Waals surface area contributed by atoms with Crippen molar-refractivity contribution in [3.63, 3.8) is 0 Å². The van der Waals surface area contributed by atoms with Gasteiger partial charge in [-0.3, -0.25) is 9.36 Å². The monoisotopic (exact) mass is 456 g/mol. The smallest absolute Gasteiger partial charge is 0.266 e. The summed E-state index contributed by atoms with van der Waals surface area (Å²) in [6, 6.07) is 17.9. The lowest BCUT2D eigenvalue weighted by molar-refractivity contribution is 0.890. The van der Waals surface area contributed by atoms with E-state index in [2.05, 4.69) is 16.0 Å². The number of hydrogen-bond acceptors (Lipinski definition) is 8. The van der Waals surface area contributed by atoms with Gasteiger partial charge in [0.15, 0.2) is 5.82 Å². The molecule has 33 heavy (non-hydrogen) atoms. The van der Waals surface area contributed by atoms with Gasteiger partial charge in [-0.15, -0.1) is 0 Å². The zero-order valence-corrected chi connectivity index (χ0v) is 18.2. The van der Waals surface area contributed by atoms with Crippen LogP contribution < -0.4 is 21.9 Å². The summed E-state index contributed by atoms with van der Waals surface area (Å²) in [5.41, 5.74) is 12.0. The maximum Gasteiger partial charge on any atom is 0.266 e. The molecule has 0 amide bonds. The van der Waals surface area contributed by atoms with Gasteiger partial charge >= 0.3 is 0 Å². The minimum atomic E-state index is -0.428. The van der Waals surface area contributed by atoms with E-state index in [0.29, 0.717) is 11.1 Å². The van der Waals surface area contributed by atoms with Crippen molar-refractivity contribution < 1.29 is 0 Å². The molecule has 4 rings (SSSR count). The Labute approximate surface area is 193 Å².